The van der Waals surface area contributed by atoms with Crippen molar-refractivity contribution >= 4 is 15.9 Å². The molecule has 1 atom stereocenters. The van der Waals surface area contributed by atoms with Crippen molar-refractivity contribution in [2.24, 2.45) is 5.92 Å². The molecule has 1 fully saturated rings. The van der Waals surface area contributed by atoms with Gasteiger partial charge in [-0.15, -0.1) is 0 Å². The number of rotatable bonds is 4. The fourth-order valence-electron chi connectivity index (χ4n) is 2.77. The van der Waals surface area contributed by atoms with Gasteiger partial charge < -0.3 is 4.90 Å². The van der Waals surface area contributed by atoms with Crippen LogP contribution in [0.1, 0.15) is 25.3 Å². The number of piperidine rings is 1. The van der Waals surface area contributed by atoms with Crippen LogP contribution in [0, 0.1) is 5.92 Å². The third-order valence-electron chi connectivity index (χ3n) is 4.14. The Hall–Kier alpha value is -1.40. The van der Waals surface area contributed by atoms with Crippen LogP contribution >= 0.6 is 0 Å². The van der Waals surface area contributed by atoms with Crippen LogP contribution < -0.4 is 0 Å². The Balaban J connectivity index is 2.19. The maximum Gasteiger partial charge on any atom is 0.243 e. The summed E-state index contributed by atoms with van der Waals surface area (Å²) in [5.41, 5.74) is 1.11. The fourth-order valence-corrected chi connectivity index (χ4v) is 4.30. The zero-order valence-corrected chi connectivity index (χ0v) is 14.3. The first-order valence-electron chi connectivity index (χ1n) is 7.66. The Bertz CT molecular complexity index is 623. The summed E-state index contributed by atoms with van der Waals surface area (Å²) in [6, 6.07) is 7.01. The second kappa shape index (κ2) is 6.79. The molecule has 1 aliphatic rings. The molecule has 1 heterocycles. The van der Waals surface area contributed by atoms with Crippen LogP contribution in [0.5, 0.6) is 0 Å². The second-order valence-corrected chi connectivity index (χ2v) is 7.87. The molecule has 0 spiro atoms. The summed E-state index contributed by atoms with van der Waals surface area (Å²) in [4.78, 5) is 13.9. The normalized spacial score (nSPS) is 19.9. The van der Waals surface area contributed by atoms with Gasteiger partial charge in [0.15, 0.2) is 0 Å². The highest BCUT2D eigenvalue weighted by molar-refractivity contribution is 7.89. The Labute approximate surface area is 133 Å². The zero-order valence-electron chi connectivity index (χ0n) is 13.4. The van der Waals surface area contributed by atoms with Crippen LogP contribution in [-0.4, -0.2) is 50.7 Å². The van der Waals surface area contributed by atoms with Crippen LogP contribution in [0.15, 0.2) is 29.2 Å². The number of sulfonamides is 1. The minimum absolute atomic E-state index is 0.00114. The van der Waals surface area contributed by atoms with E-state index in [2.05, 4.69) is 0 Å². The van der Waals surface area contributed by atoms with E-state index >= 15 is 0 Å². The Morgan fingerprint density at radius 1 is 1.27 bits per heavy atom. The van der Waals surface area contributed by atoms with Crippen molar-refractivity contribution in [1.29, 1.82) is 0 Å². The number of benzene rings is 1. The van der Waals surface area contributed by atoms with E-state index in [4.69, 9.17) is 0 Å². The number of amides is 1. The predicted octanol–water partition coefficient (Wildman–Crippen LogP) is 1.74. The van der Waals surface area contributed by atoms with E-state index in [1.165, 1.54) is 9.21 Å². The van der Waals surface area contributed by atoms with Gasteiger partial charge in [0.1, 0.15) is 0 Å². The highest BCUT2D eigenvalue weighted by atomic mass is 32.2. The van der Waals surface area contributed by atoms with Crippen LogP contribution in [0.3, 0.4) is 0 Å². The van der Waals surface area contributed by atoms with Gasteiger partial charge in [-0.25, -0.2) is 8.42 Å². The average Bonchev–Trinajstić information content (AvgIpc) is 2.54. The summed E-state index contributed by atoms with van der Waals surface area (Å²) in [7, 11) is -0.101. The first kappa shape index (κ1) is 17.0. The molecule has 0 aliphatic carbocycles. The number of nitrogens with zero attached hydrogens (tertiary/aromatic N) is 2. The summed E-state index contributed by atoms with van der Waals surface area (Å²) in [6.45, 7) is 2.79. The van der Waals surface area contributed by atoms with Crippen LogP contribution in [0.2, 0.25) is 0 Å². The van der Waals surface area contributed by atoms with Gasteiger partial charge in [-0.05, 0) is 37.0 Å². The second-order valence-electron chi connectivity index (χ2n) is 5.93. The van der Waals surface area contributed by atoms with E-state index in [1.807, 2.05) is 19.1 Å². The van der Waals surface area contributed by atoms with Crippen LogP contribution in [0.4, 0.5) is 0 Å². The third-order valence-corrected chi connectivity index (χ3v) is 6.02. The molecular weight excluding hydrogens is 300 g/mol. The Morgan fingerprint density at radius 3 is 2.45 bits per heavy atom. The first-order chi connectivity index (χ1) is 10.4. The molecule has 2 rings (SSSR count). The largest absolute Gasteiger partial charge is 0.349 e. The van der Waals surface area contributed by atoms with Gasteiger partial charge in [-0.2, -0.15) is 4.31 Å². The molecule has 0 unspecified atom stereocenters. The first-order valence-corrected chi connectivity index (χ1v) is 9.10. The highest BCUT2D eigenvalue weighted by Gasteiger charge is 2.33. The van der Waals surface area contributed by atoms with Crippen molar-refractivity contribution < 1.29 is 13.2 Å². The molecule has 1 aliphatic heterocycles. The predicted molar refractivity (Wildman–Crippen MR) is 86.0 cm³/mol. The number of carbonyl (C=O) groups is 1. The summed E-state index contributed by atoms with van der Waals surface area (Å²) in [5, 5.41) is 0. The third kappa shape index (κ3) is 3.50. The standard InChI is InChI=1S/C16H24N2O3S/c1-4-13-7-9-15(10-8-13)22(20,21)18-11-5-6-14(12-18)16(19)17(2)3/h7-10,14H,4-6,11-12H2,1-3H3/t14-/m0/s1. The minimum Gasteiger partial charge on any atom is -0.349 e. The van der Waals surface area contributed by atoms with Gasteiger partial charge >= 0.3 is 0 Å². The molecule has 6 heteroatoms. The summed E-state index contributed by atoms with van der Waals surface area (Å²) < 4.78 is 26.9. The lowest BCUT2D eigenvalue weighted by atomic mass is 9.98. The molecule has 1 aromatic rings. The zero-order chi connectivity index (χ0) is 16.3. The minimum atomic E-state index is -3.52. The molecule has 0 bridgehead atoms. The van der Waals surface area contributed by atoms with E-state index in [9.17, 15) is 13.2 Å². The average molecular weight is 324 g/mol. The topological polar surface area (TPSA) is 57.7 Å². The van der Waals surface area contributed by atoms with Gasteiger partial charge in [0, 0.05) is 27.2 Å². The molecule has 0 aromatic heterocycles. The van der Waals surface area contributed by atoms with Crippen molar-refractivity contribution in [1.82, 2.24) is 9.21 Å². The molecular formula is C16H24N2O3S. The Kier molecular flexibility index (Phi) is 5.24. The molecule has 5 nitrogen and oxygen atoms in total. The van der Waals surface area contributed by atoms with E-state index in [0.717, 1.165) is 24.8 Å². The lowest BCUT2D eigenvalue weighted by Crippen LogP contribution is -2.45. The van der Waals surface area contributed by atoms with E-state index in [0.29, 0.717) is 11.4 Å². The number of aryl methyl sites for hydroxylation is 1. The lowest BCUT2D eigenvalue weighted by molar-refractivity contribution is -0.134. The monoisotopic (exact) mass is 324 g/mol. The van der Waals surface area contributed by atoms with Crippen molar-refractivity contribution in [2.75, 3.05) is 27.2 Å². The number of carbonyl (C=O) groups excluding carboxylic acids is 1. The van der Waals surface area contributed by atoms with Crippen molar-refractivity contribution in [2.45, 2.75) is 31.1 Å². The van der Waals surface area contributed by atoms with E-state index < -0.39 is 10.0 Å². The molecule has 0 N–H and O–H groups in total. The summed E-state index contributed by atoms with van der Waals surface area (Å²) in [5.74, 6) is -0.241. The van der Waals surface area contributed by atoms with Gasteiger partial charge in [-0.3, -0.25) is 4.79 Å². The quantitative estimate of drug-likeness (QED) is 0.847. The molecule has 0 saturated carbocycles. The molecule has 22 heavy (non-hydrogen) atoms. The molecule has 122 valence electrons. The van der Waals surface area contributed by atoms with Crippen LogP contribution in [-0.2, 0) is 21.2 Å². The SMILES string of the molecule is CCc1ccc(S(=O)(=O)N2CCC[C@H](C(=O)N(C)C)C2)cc1. The van der Waals surface area contributed by atoms with Crippen molar-refractivity contribution in [3.05, 3.63) is 29.8 Å². The van der Waals surface area contributed by atoms with E-state index in [-0.39, 0.29) is 18.4 Å². The van der Waals surface area contributed by atoms with Crippen molar-refractivity contribution in [3.63, 3.8) is 0 Å². The maximum absolute atomic E-state index is 12.7. The maximum atomic E-state index is 12.7. The van der Waals surface area contributed by atoms with Gasteiger partial charge in [0.05, 0.1) is 10.8 Å². The van der Waals surface area contributed by atoms with Crippen molar-refractivity contribution in [3.8, 4) is 0 Å². The number of hydrogen-bond donors (Lipinski definition) is 0. The summed E-state index contributed by atoms with van der Waals surface area (Å²) in [6.07, 6.45) is 2.35. The summed E-state index contributed by atoms with van der Waals surface area (Å²) >= 11 is 0. The highest BCUT2D eigenvalue weighted by Crippen LogP contribution is 2.25. The molecule has 1 amide bonds. The van der Waals surface area contributed by atoms with Crippen LogP contribution in [0.25, 0.3) is 0 Å². The van der Waals surface area contributed by atoms with Gasteiger partial charge in [0.25, 0.3) is 0 Å². The van der Waals surface area contributed by atoms with Gasteiger partial charge in [0.2, 0.25) is 15.9 Å². The molecule has 1 aromatic carbocycles. The van der Waals surface area contributed by atoms with Gasteiger partial charge in [-0.1, -0.05) is 19.1 Å². The Morgan fingerprint density at radius 2 is 1.91 bits per heavy atom. The molecule has 1 saturated heterocycles. The fraction of sp³-hybridized carbons (Fsp3) is 0.562. The lowest BCUT2D eigenvalue weighted by Gasteiger charge is -2.32. The van der Waals surface area contributed by atoms with E-state index in [1.54, 1.807) is 26.2 Å². The molecule has 0 radical (unpaired) electrons. The smallest absolute Gasteiger partial charge is 0.243 e. The number of hydrogen-bond acceptors (Lipinski definition) is 3.